The first-order valence-electron chi connectivity index (χ1n) is 11.2. The van der Waals surface area contributed by atoms with Crippen molar-refractivity contribution in [1.82, 2.24) is 10.3 Å². The summed E-state index contributed by atoms with van der Waals surface area (Å²) in [5.74, 6) is -1.54. The number of carbonyl (C=O) groups is 3. The maximum absolute atomic E-state index is 13.2. The van der Waals surface area contributed by atoms with Gasteiger partial charge in [-0.05, 0) is 55.0 Å². The van der Waals surface area contributed by atoms with Crippen LogP contribution in [-0.2, 0) is 16.0 Å². The number of esters is 1. The molecule has 0 saturated carbocycles. The molecule has 0 aliphatic heterocycles. The quantitative estimate of drug-likeness (QED) is 0.260. The molecule has 184 valence electrons. The number of H-pyrrole nitrogens is 1. The van der Waals surface area contributed by atoms with E-state index in [0.29, 0.717) is 27.0 Å². The van der Waals surface area contributed by atoms with Crippen molar-refractivity contribution in [1.29, 1.82) is 0 Å². The highest BCUT2D eigenvalue weighted by atomic mass is 35.5. The molecule has 0 radical (unpaired) electrons. The normalized spacial score (nSPS) is 11.6. The molecular formula is C27H23Cl2N3O4. The molecule has 9 heteroatoms. The molecule has 3 N–H and O–H groups in total. The topological polar surface area (TPSA) is 100 Å². The van der Waals surface area contributed by atoms with E-state index in [-0.39, 0.29) is 18.6 Å². The Balaban J connectivity index is 1.55. The fourth-order valence-electron chi connectivity index (χ4n) is 3.81. The van der Waals surface area contributed by atoms with E-state index in [1.165, 1.54) is 0 Å². The minimum atomic E-state index is -0.996. The summed E-state index contributed by atoms with van der Waals surface area (Å²) in [5, 5.41) is 7.22. The largest absolute Gasteiger partial charge is 0.464 e. The van der Waals surface area contributed by atoms with Crippen LogP contribution >= 0.6 is 23.2 Å². The molecule has 0 spiro atoms. The summed E-state index contributed by atoms with van der Waals surface area (Å²) in [6, 6.07) is 19.7. The number of hydrogen-bond donors (Lipinski definition) is 3. The Hall–Kier alpha value is -3.81. The van der Waals surface area contributed by atoms with Crippen LogP contribution in [0, 0.1) is 0 Å². The zero-order valence-corrected chi connectivity index (χ0v) is 20.8. The van der Waals surface area contributed by atoms with Gasteiger partial charge in [0, 0.05) is 27.4 Å². The van der Waals surface area contributed by atoms with Gasteiger partial charge in [-0.3, -0.25) is 9.59 Å². The van der Waals surface area contributed by atoms with E-state index in [0.717, 1.165) is 10.9 Å². The summed E-state index contributed by atoms with van der Waals surface area (Å²) in [6.45, 7) is 1.83. The standard InChI is InChI=1S/C27H23Cl2N3O4/c1-2-36-27(35)24(13-16-11-18(28)15-19(29)12-16)32-25(33)20-8-4-6-10-22(20)31-26(34)23-14-17-7-3-5-9-21(17)30-23/h3-12,14-15,24,30H,2,13H2,1H3,(H,31,34)(H,32,33). The molecule has 1 aromatic heterocycles. The fourth-order valence-corrected chi connectivity index (χ4v) is 4.38. The minimum absolute atomic E-state index is 0.119. The second kappa shape index (κ2) is 11.3. The molecule has 4 aromatic rings. The molecule has 0 saturated heterocycles. The number of hydrogen-bond acceptors (Lipinski definition) is 4. The van der Waals surface area contributed by atoms with E-state index < -0.39 is 23.8 Å². The molecule has 0 bridgehead atoms. The number of amides is 2. The van der Waals surface area contributed by atoms with E-state index in [1.807, 2.05) is 24.3 Å². The highest BCUT2D eigenvalue weighted by Crippen LogP contribution is 2.22. The van der Waals surface area contributed by atoms with Crippen molar-refractivity contribution >= 4 is 57.6 Å². The number of ether oxygens (including phenoxy) is 1. The Labute approximate surface area is 217 Å². The van der Waals surface area contributed by atoms with Crippen molar-refractivity contribution < 1.29 is 19.1 Å². The van der Waals surface area contributed by atoms with Crippen molar-refractivity contribution in [2.45, 2.75) is 19.4 Å². The van der Waals surface area contributed by atoms with Crippen LogP contribution in [0.25, 0.3) is 10.9 Å². The Morgan fingerprint density at radius 3 is 2.33 bits per heavy atom. The summed E-state index contributed by atoms with van der Waals surface area (Å²) >= 11 is 12.2. The molecule has 0 aliphatic rings. The van der Waals surface area contributed by atoms with Gasteiger partial charge in [0.15, 0.2) is 0 Å². The molecular weight excluding hydrogens is 501 g/mol. The number of anilines is 1. The monoisotopic (exact) mass is 523 g/mol. The number of carbonyl (C=O) groups excluding carboxylic acids is 3. The first-order valence-corrected chi connectivity index (χ1v) is 12.0. The van der Waals surface area contributed by atoms with Gasteiger partial charge in [0.1, 0.15) is 11.7 Å². The van der Waals surface area contributed by atoms with Crippen LogP contribution in [0.1, 0.15) is 33.3 Å². The van der Waals surface area contributed by atoms with Crippen LogP contribution in [-0.4, -0.2) is 35.4 Å². The molecule has 3 aromatic carbocycles. The molecule has 4 rings (SSSR count). The summed E-state index contributed by atoms with van der Waals surface area (Å²) in [5.41, 5.74) is 2.33. The summed E-state index contributed by atoms with van der Waals surface area (Å²) in [6.07, 6.45) is 0.119. The first-order chi connectivity index (χ1) is 17.3. The third-order valence-corrected chi connectivity index (χ3v) is 5.87. The number of aromatic amines is 1. The van der Waals surface area contributed by atoms with Gasteiger partial charge in [-0.2, -0.15) is 0 Å². The van der Waals surface area contributed by atoms with Crippen LogP contribution in [0.15, 0.2) is 72.8 Å². The zero-order chi connectivity index (χ0) is 25.7. The van der Waals surface area contributed by atoms with Crippen molar-refractivity contribution in [2.75, 3.05) is 11.9 Å². The Bertz CT molecular complexity index is 1380. The van der Waals surface area contributed by atoms with Crippen LogP contribution in [0.3, 0.4) is 0 Å². The molecule has 1 atom stereocenters. The van der Waals surface area contributed by atoms with Gasteiger partial charge in [0.2, 0.25) is 0 Å². The second-order valence-corrected chi connectivity index (χ2v) is 8.90. The predicted octanol–water partition coefficient (Wildman–Crippen LogP) is 5.63. The van der Waals surface area contributed by atoms with E-state index in [2.05, 4.69) is 15.6 Å². The molecule has 0 aliphatic carbocycles. The van der Waals surface area contributed by atoms with Crippen molar-refractivity contribution in [3.8, 4) is 0 Å². The lowest BCUT2D eigenvalue weighted by atomic mass is 10.0. The molecule has 7 nitrogen and oxygen atoms in total. The highest BCUT2D eigenvalue weighted by Gasteiger charge is 2.25. The van der Waals surface area contributed by atoms with Gasteiger partial charge >= 0.3 is 5.97 Å². The number of rotatable bonds is 8. The molecule has 1 unspecified atom stereocenters. The Morgan fingerprint density at radius 2 is 1.61 bits per heavy atom. The summed E-state index contributed by atoms with van der Waals surface area (Å²) < 4.78 is 5.16. The van der Waals surface area contributed by atoms with Gasteiger partial charge in [-0.1, -0.05) is 53.5 Å². The van der Waals surface area contributed by atoms with Crippen LogP contribution in [0.2, 0.25) is 10.0 Å². The fraction of sp³-hybridized carbons (Fsp3) is 0.148. The molecule has 0 fully saturated rings. The third kappa shape index (κ3) is 6.05. The van der Waals surface area contributed by atoms with E-state index in [9.17, 15) is 14.4 Å². The predicted molar refractivity (Wildman–Crippen MR) is 141 cm³/mol. The van der Waals surface area contributed by atoms with E-state index in [1.54, 1.807) is 55.5 Å². The van der Waals surface area contributed by atoms with E-state index in [4.69, 9.17) is 27.9 Å². The Morgan fingerprint density at radius 1 is 0.917 bits per heavy atom. The number of para-hydroxylation sites is 2. The van der Waals surface area contributed by atoms with Crippen molar-refractivity contribution in [3.63, 3.8) is 0 Å². The number of fused-ring (bicyclic) bond motifs is 1. The van der Waals surface area contributed by atoms with Crippen LogP contribution < -0.4 is 10.6 Å². The third-order valence-electron chi connectivity index (χ3n) is 5.43. The molecule has 36 heavy (non-hydrogen) atoms. The van der Waals surface area contributed by atoms with Crippen LogP contribution in [0.5, 0.6) is 0 Å². The number of benzene rings is 3. The zero-order valence-electron chi connectivity index (χ0n) is 19.3. The van der Waals surface area contributed by atoms with Crippen LogP contribution in [0.4, 0.5) is 5.69 Å². The van der Waals surface area contributed by atoms with E-state index >= 15 is 0 Å². The average molecular weight is 524 g/mol. The van der Waals surface area contributed by atoms with Gasteiger partial charge in [-0.25, -0.2) is 4.79 Å². The van der Waals surface area contributed by atoms with Crippen molar-refractivity contribution in [3.05, 3.63) is 99.7 Å². The second-order valence-electron chi connectivity index (χ2n) is 8.03. The summed E-state index contributed by atoms with van der Waals surface area (Å²) in [7, 11) is 0. The van der Waals surface area contributed by atoms with Crippen molar-refractivity contribution in [2.24, 2.45) is 0 Å². The lowest BCUT2D eigenvalue weighted by Crippen LogP contribution is -2.43. The maximum atomic E-state index is 13.2. The van der Waals surface area contributed by atoms with Gasteiger partial charge in [0.25, 0.3) is 11.8 Å². The lowest BCUT2D eigenvalue weighted by molar-refractivity contribution is -0.145. The van der Waals surface area contributed by atoms with Gasteiger partial charge in [-0.15, -0.1) is 0 Å². The number of aromatic nitrogens is 1. The SMILES string of the molecule is CCOC(=O)C(Cc1cc(Cl)cc(Cl)c1)NC(=O)c1ccccc1NC(=O)c1cc2ccccc2[nH]1. The maximum Gasteiger partial charge on any atom is 0.328 e. The Kier molecular flexibility index (Phi) is 7.93. The lowest BCUT2D eigenvalue weighted by Gasteiger charge is -2.19. The smallest absolute Gasteiger partial charge is 0.328 e. The first kappa shape index (κ1) is 25.3. The number of nitrogens with one attached hydrogen (secondary N) is 3. The minimum Gasteiger partial charge on any atom is -0.464 e. The van der Waals surface area contributed by atoms with Gasteiger partial charge < -0.3 is 20.4 Å². The summed E-state index contributed by atoms with van der Waals surface area (Å²) in [4.78, 5) is 41.9. The van der Waals surface area contributed by atoms with Gasteiger partial charge in [0.05, 0.1) is 17.9 Å². The highest BCUT2D eigenvalue weighted by molar-refractivity contribution is 6.34. The molecule has 1 heterocycles. The molecule has 2 amide bonds. The average Bonchev–Trinajstić information content (AvgIpc) is 3.28. The number of halogens is 2.